The highest BCUT2D eigenvalue weighted by molar-refractivity contribution is 5.98. The van der Waals surface area contributed by atoms with Gasteiger partial charge in [-0.05, 0) is 31.0 Å². The molecule has 1 rings (SSSR count). The summed E-state index contributed by atoms with van der Waals surface area (Å²) in [6, 6.07) is 7.12. The maximum absolute atomic E-state index is 11.7. The molecule has 0 radical (unpaired) electrons. The average Bonchev–Trinajstić information content (AvgIpc) is 2.59. The van der Waals surface area contributed by atoms with Crippen LogP contribution in [-0.4, -0.2) is 38.7 Å². The fourth-order valence-electron chi connectivity index (χ4n) is 1.87. The molecule has 0 saturated heterocycles. The van der Waals surface area contributed by atoms with E-state index >= 15 is 0 Å². The Morgan fingerprint density at radius 2 is 1.92 bits per heavy atom. The molecule has 0 aliphatic rings. The molecule has 0 saturated carbocycles. The third kappa shape index (κ3) is 6.51. The second-order valence-corrected chi connectivity index (χ2v) is 4.70. The number of carbonyl (C=O) groups is 3. The monoisotopic (exact) mass is 335 g/mol. The molecule has 0 spiro atoms. The standard InChI is InChI=1S/C17H21NO6/c1-4-24-15(19)9-8-12-6-5-7-13(10-12)18-14(17(21)23-3)11-16(20)22-2/h5-7,10-11,18H,4,8-9H2,1-3H3/b14-11+. The molecule has 7 nitrogen and oxygen atoms in total. The van der Waals surface area contributed by atoms with E-state index in [0.29, 0.717) is 18.7 Å². The van der Waals surface area contributed by atoms with Crippen molar-refractivity contribution in [2.75, 3.05) is 26.1 Å². The van der Waals surface area contributed by atoms with Crippen LogP contribution in [0.3, 0.4) is 0 Å². The van der Waals surface area contributed by atoms with E-state index < -0.39 is 11.9 Å². The fourth-order valence-corrected chi connectivity index (χ4v) is 1.87. The first-order valence-electron chi connectivity index (χ1n) is 7.39. The summed E-state index contributed by atoms with van der Waals surface area (Å²) in [5.74, 6) is -1.64. The Labute approximate surface area is 140 Å². The SMILES string of the molecule is CCOC(=O)CCc1cccc(N/C(=C/C(=O)OC)C(=O)OC)c1. The van der Waals surface area contributed by atoms with Crippen LogP contribution in [0.2, 0.25) is 0 Å². The van der Waals surface area contributed by atoms with Gasteiger partial charge in [-0.25, -0.2) is 9.59 Å². The molecular weight excluding hydrogens is 314 g/mol. The summed E-state index contributed by atoms with van der Waals surface area (Å²) in [5.41, 5.74) is 1.42. The Morgan fingerprint density at radius 1 is 1.17 bits per heavy atom. The van der Waals surface area contributed by atoms with Gasteiger partial charge < -0.3 is 19.5 Å². The van der Waals surface area contributed by atoms with E-state index in [4.69, 9.17) is 4.74 Å². The number of hydrogen-bond acceptors (Lipinski definition) is 7. The average molecular weight is 335 g/mol. The van der Waals surface area contributed by atoms with Crippen molar-refractivity contribution in [1.82, 2.24) is 0 Å². The van der Waals surface area contributed by atoms with Gasteiger partial charge in [0, 0.05) is 12.1 Å². The van der Waals surface area contributed by atoms with Gasteiger partial charge in [0.2, 0.25) is 0 Å². The molecule has 0 aliphatic heterocycles. The molecule has 0 unspecified atom stereocenters. The third-order valence-corrected chi connectivity index (χ3v) is 3.00. The van der Waals surface area contributed by atoms with E-state index in [1.54, 1.807) is 25.1 Å². The Balaban J connectivity index is 2.83. The van der Waals surface area contributed by atoms with Gasteiger partial charge >= 0.3 is 17.9 Å². The first-order chi connectivity index (χ1) is 11.5. The summed E-state index contributed by atoms with van der Waals surface area (Å²) in [6.07, 6.45) is 1.78. The molecule has 1 aromatic carbocycles. The maximum atomic E-state index is 11.7. The molecule has 1 aromatic rings. The number of aryl methyl sites for hydroxylation is 1. The van der Waals surface area contributed by atoms with Gasteiger partial charge in [0.05, 0.1) is 26.9 Å². The van der Waals surface area contributed by atoms with Crippen molar-refractivity contribution in [3.63, 3.8) is 0 Å². The Hall–Kier alpha value is -2.83. The van der Waals surface area contributed by atoms with E-state index in [1.807, 2.05) is 6.07 Å². The molecule has 0 atom stereocenters. The van der Waals surface area contributed by atoms with Crippen molar-refractivity contribution in [2.45, 2.75) is 19.8 Å². The minimum Gasteiger partial charge on any atom is -0.466 e. The van der Waals surface area contributed by atoms with Gasteiger partial charge in [0.25, 0.3) is 0 Å². The number of ether oxygens (including phenoxy) is 3. The van der Waals surface area contributed by atoms with Crippen LogP contribution < -0.4 is 5.32 Å². The topological polar surface area (TPSA) is 90.9 Å². The molecule has 0 fully saturated rings. The molecule has 0 aliphatic carbocycles. The van der Waals surface area contributed by atoms with Gasteiger partial charge in [-0.1, -0.05) is 12.1 Å². The first-order valence-corrected chi connectivity index (χ1v) is 7.39. The molecule has 0 heterocycles. The molecular formula is C17H21NO6. The summed E-state index contributed by atoms with van der Waals surface area (Å²) >= 11 is 0. The highest BCUT2D eigenvalue weighted by Gasteiger charge is 2.13. The van der Waals surface area contributed by atoms with Crippen LogP contribution in [0.5, 0.6) is 0 Å². The summed E-state index contributed by atoms with van der Waals surface area (Å²) in [5, 5.41) is 2.82. The van der Waals surface area contributed by atoms with Crippen LogP contribution in [0.4, 0.5) is 5.69 Å². The quantitative estimate of drug-likeness (QED) is 0.440. The maximum Gasteiger partial charge on any atom is 0.354 e. The van der Waals surface area contributed by atoms with Crippen molar-refractivity contribution < 1.29 is 28.6 Å². The Kier molecular flexibility index (Phi) is 8.04. The summed E-state index contributed by atoms with van der Waals surface area (Å²) in [6.45, 7) is 2.10. The Morgan fingerprint density at radius 3 is 2.54 bits per heavy atom. The number of anilines is 1. The van der Waals surface area contributed by atoms with Gasteiger partial charge in [0.15, 0.2) is 0 Å². The minimum atomic E-state index is -0.697. The van der Waals surface area contributed by atoms with Crippen molar-refractivity contribution in [1.29, 1.82) is 0 Å². The normalized spacial score (nSPS) is 10.7. The van der Waals surface area contributed by atoms with E-state index in [1.165, 1.54) is 14.2 Å². The van der Waals surface area contributed by atoms with Gasteiger partial charge in [-0.3, -0.25) is 4.79 Å². The van der Waals surface area contributed by atoms with Crippen molar-refractivity contribution >= 4 is 23.6 Å². The molecule has 7 heteroatoms. The highest BCUT2D eigenvalue weighted by Crippen LogP contribution is 2.15. The lowest BCUT2D eigenvalue weighted by Crippen LogP contribution is -2.15. The second-order valence-electron chi connectivity index (χ2n) is 4.70. The summed E-state index contributed by atoms with van der Waals surface area (Å²) < 4.78 is 14.0. The zero-order valence-corrected chi connectivity index (χ0v) is 14.0. The van der Waals surface area contributed by atoms with Crippen molar-refractivity contribution in [2.24, 2.45) is 0 Å². The number of carbonyl (C=O) groups excluding carboxylic acids is 3. The van der Waals surface area contributed by atoms with Crippen LogP contribution >= 0.6 is 0 Å². The molecule has 24 heavy (non-hydrogen) atoms. The van der Waals surface area contributed by atoms with Crippen LogP contribution in [0, 0.1) is 0 Å². The predicted octanol–water partition coefficient (Wildman–Crippen LogP) is 1.82. The van der Waals surface area contributed by atoms with E-state index in [9.17, 15) is 14.4 Å². The number of nitrogens with one attached hydrogen (secondary N) is 1. The molecule has 130 valence electrons. The van der Waals surface area contributed by atoms with Crippen LogP contribution in [0.15, 0.2) is 36.0 Å². The molecule has 0 aromatic heterocycles. The van der Waals surface area contributed by atoms with Crippen molar-refractivity contribution in [3.8, 4) is 0 Å². The lowest BCUT2D eigenvalue weighted by molar-refractivity contribution is -0.143. The predicted molar refractivity (Wildman–Crippen MR) is 87.1 cm³/mol. The van der Waals surface area contributed by atoms with E-state index in [-0.39, 0.29) is 18.1 Å². The van der Waals surface area contributed by atoms with Gasteiger partial charge in [-0.2, -0.15) is 0 Å². The molecule has 1 N–H and O–H groups in total. The zero-order chi connectivity index (χ0) is 17.9. The largest absolute Gasteiger partial charge is 0.466 e. The Bertz CT molecular complexity index is 623. The number of rotatable bonds is 8. The van der Waals surface area contributed by atoms with E-state index in [0.717, 1.165) is 11.6 Å². The summed E-state index contributed by atoms with van der Waals surface area (Å²) in [4.78, 5) is 34.5. The first kappa shape index (κ1) is 19.2. The van der Waals surface area contributed by atoms with Crippen LogP contribution in [0.25, 0.3) is 0 Å². The number of benzene rings is 1. The highest BCUT2D eigenvalue weighted by atomic mass is 16.5. The fraction of sp³-hybridized carbons (Fsp3) is 0.353. The number of hydrogen-bond donors (Lipinski definition) is 1. The smallest absolute Gasteiger partial charge is 0.354 e. The second kappa shape index (κ2) is 10.0. The van der Waals surface area contributed by atoms with Gasteiger partial charge in [0.1, 0.15) is 5.70 Å². The minimum absolute atomic E-state index is 0.0492. The zero-order valence-electron chi connectivity index (χ0n) is 14.0. The van der Waals surface area contributed by atoms with Crippen LogP contribution in [-0.2, 0) is 35.0 Å². The summed E-state index contributed by atoms with van der Waals surface area (Å²) in [7, 11) is 2.43. The lowest BCUT2D eigenvalue weighted by atomic mass is 10.1. The molecule has 0 bridgehead atoms. The number of esters is 3. The molecule has 0 amide bonds. The van der Waals surface area contributed by atoms with E-state index in [2.05, 4.69) is 14.8 Å². The van der Waals surface area contributed by atoms with Crippen LogP contribution in [0.1, 0.15) is 18.9 Å². The van der Waals surface area contributed by atoms with Crippen molar-refractivity contribution in [3.05, 3.63) is 41.6 Å². The van der Waals surface area contributed by atoms with Gasteiger partial charge in [-0.15, -0.1) is 0 Å². The lowest BCUT2D eigenvalue weighted by Gasteiger charge is -2.10. The third-order valence-electron chi connectivity index (χ3n) is 3.00. The number of methoxy groups -OCH3 is 2.